The van der Waals surface area contributed by atoms with Gasteiger partial charge < -0.3 is 11.1 Å². The molecule has 1 saturated carbocycles. The Hall–Kier alpha value is -0.610. The van der Waals surface area contributed by atoms with Gasteiger partial charge in [-0.3, -0.25) is 9.69 Å². The first-order valence-electron chi connectivity index (χ1n) is 6.28. The summed E-state index contributed by atoms with van der Waals surface area (Å²) in [6.45, 7) is 8.23. The van der Waals surface area contributed by atoms with Gasteiger partial charge in [0.1, 0.15) is 0 Å². The molecular formula is C12H25N3O. The topological polar surface area (TPSA) is 58.4 Å². The summed E-state index contributed by atoms with van der Waals surface area (Å²) in [7, 11) is 0. The molecule has 16 heavy (non-hydrogen) atoms. The molecule has 0 spiro atoms. The molecule has 1 aliphatic carbocycles. The van der Waals surface area contributed by atoms with Crippen LogP contribution in [0.25, 0.3) is 0 Å². The van der Waals surface area contributed by atoms with Crippen LogP contribution in [0.4, 0.5) is 0 Å². The third kappa shape index (κ3) is 4.49. The minimum atomic E-state index is 0.126. The van der Waals surface area contributed by atoms with Gasteiger partial charge in [-0.25, -0.2) is 0 Å². The lowest BCUT2D eigenvalue weighted by atomic mass is 10.1. The van der Waals surface area contributed by atoms with E-state index in [1.54, 1.807) is 0 Å². The molecule has 0 radical (unpaired) electrons. The largest absolute Gasteiger partial charge is 0.352 e. The van der Waals surface area contributed by atoms with Gasteiger partial charge in [0.2, 0.25) is 5.91 Å². The van der Waals surface area contributed by atoms with Crippen molar-refractivity contribution in [2.24, 2.45) is 11.7 Å². The zero-order valence-electron chi connectivity index (χ0n) is 10.7. The Labute approximate surface area is 98.6 Å². The fourth-order valence-corrected chi connectivity index (χ4v) is 1.65. The Balaban J connectivity index is 2.30. The summed E-state index contributed by atoms with van der Waals surface area (Å²) < 4.78 is 0. The summed E-state index contributed by atoms with van der Waals surface area (Å²) in [5, 5.41) is 3.03. The van der Waals surface area contributed by atoms with Crippen LogP contribution in [0.2, 0.25) is 0 Å². The lowest BCUT2D eigenvalue weighted by Gasteiger charge is -2.23. The Morgan fingerprint density at radius 1 is 1.44 bits per heavy atom. The lowest BCUT2D eigenvalue weighted by Crippen LogP contribution is -2.44. The minimum Gasteiger partial charge on any atom is -0.352 e. The van der Waals surface area contributed by atoms with Crippen LogP contribution in [0.1, 0.15) is 33.6 Å². The van der Waals surface area contributed by atoms with Crippen molar-refractivity contribution in [3.8, 4) is 0 Å². The summed E-state index contributed by atoms with van der Waals surface area (Å²) in [5.74, 6) is 0.606. The number of amides is 1. The minimum absolute atomic E-state index is 0.126. The normalized spacial score (nSPS) is 17.9. The van der Waals surface area contributed by atoms with Crippen molar-refractivity contribution in [2.45, 2.75) is 45.7 Å². The molecule has 0 aromatic rings. The van der Waals surface area contributed by atoms with Crippen LogP contribution in [0, 0.1) is 5.92 Å². The summed E-state index contributed by atoms with van der Waals surface area (Å²) >= 11 is 0. The number of hydrogen-bond donors (Lipinski definition) is 2. The van der Waals surface area contributed by atoms with E-state index in [4.69, 9.17) is 5.73 Å². The van der Waals surface area contributed by atoms with Gasteiger partial charge in [0.25, 0.3) is 0 Å². The van der Waals surface area contributed by atoms with Crippen LogP contribution in [-0.2, 0) is 4.79 Å². The van der Waals surface area contributed by atoms with E-state index in [0.29, 0.717) is 25.0 Å². The smallest absolute Gasteiger partial charge is 0.234 e. The molecule has 1 aliphatic rings. The van der Waals surface area contributed by atoms with Gasteiger partial charge in [-0.2, -0.15) is 0 Å². The molecule has 0 aromatic heterocycles. The van der Waals surface area contributed by atoms with Crippen molar-refractivity contribution in [3.05, 3.63) is 0 Å². The fourth-order valence-electron chi connectivity index (χ4n) is 1.65. The zero-order chi connectivity index (χ0) is 12.1. The molecule has 0 aliphatic heterocycles. The van der Waals surface area contributed by atoms with Crippen molar-refractivity contribution < 1.29 is 4.79 Å². The van der Waals surface area contributed by atoms with Crippen LogP contribution in [-0.4, -0.2) is 42.5 Å². The predicted molar refractivity (Wildman–Crippen MR) is 66.1 cm³/mol. The molecular weight excluding hydrogens is 202 g/mol. The number of carbonyl (C=O) groups excluding carboxylic acids is 1. The van der Waals surface area contributed by atoms with E-state index in [9.17, 15) is 4.79 Å². The van der Waals surface area contributed by atoms with Crippen molar-refractivity contribution in [1.29, 1.82) is 0 Å². The van der Waals surface area contributed by atoms with Gasteiger partial charge in [-0.1, -0.05) is 13.8 Å². The van der Waals surface area contributed by atoms with E-state index in [2.05, 4.69) is 24.1 Å². The van der Waals surface area contributed by atoms with E-state index in [-0.39, 0.29) is 11.9 Å². The van der Waals surface area contributed by atoms with Crippen LogP contribution in [0.5, 0.6) is 0 Å². The van der Waals surface area contributed by atoms with Crippen molar-refractivity contribution in [2.75, 3.05) is 19.6 Å². The monoisotopic (exact) mass is 227 g/mol. The maximum absolute atomic E-state index is 11.8. The van der Waals surface area contributed by atoms with Crippen molar-refractivity contribution in [3.63, 3.8) is 0 Å². The van der Waals surface area contributed by atoms with Gasteiger partial charge in [-0.15, -0.1) is 0 Å². The standard InChI is InChI=1S/C12H25N3O/c1-9(2)10(3)14-12(16)8-15(7-6-13)11-4-5-11/h9-11H,4-8,13H2,1-3H3,(H,14,16). The second kappa shape index (κ2) is 6.21. The first kappa shape index (κ1) is 13.5. The Morgan fingerprint density at radius 3 is 2.50 bits per heavy atom. The van der Waals surface area contributed by atoms with Crippen LogP contribution in [0.3, 0.4) is 0 Å². The third-order valence-corrected chi connectivity index (χ3v) is 3.21. The molecule has 0 heterocycles. The zero-order valence-corrected chi connectivity index (χ0v) is 10.7. The van der Waals surface area contributed by atoms with E-state index in [0.717, 1.165) is 6.54 Å². The molecule has 3 N–H and O–H groups in total. The predicted octanol–water partition coefficient (Wildman–Crippen LogP) is 0.570. The molecule has 94 valence electrons. The highest BCUT2D eigenvalue weighted by Crippen LogP contribution is 2.25. The molecule has 4 heteroatoms. The fraction of sp³-hybridized carbons (Fsp3) is 0.917. The lowest BCUT2D eigenvalue weighted by molar-refractivity contribution is -0.123. The Kier molecular flexibility index (Phi) is 5.22. The second-order valence-electron chi connectivity index (χ2n) is 5.09. The van der Waals surface area contributed by atoms with Crippen molar-refractivity contribution in [1.82, 2.24) is 10.2 Å². The van der Waals surface area contributed by atoms with Gasteiger partial charge in [-0.05, 0) is 25.7 Å². The van der Waals surface area contributed by atoms with Gasteiger partial charge in [0, 0.05) is 25.2 Å². The quantitative estimate of drug-likeness (QED) is 0.668. The highest BCUT2D eigenvalue weighted by atomic mass is 16.2. The van der Waals surface area contributed by atoms with E-state index in [1.165, 1.54) is 12.8 Å². The Bertz CT molecular complexity index is 226. The highest BCUT2D eigenvalue weighted by molar-refractivity contribution is 5.78. The molecule has 0 aromatic carbocycles. The molecule has 1 rings (SSSR count). The summed E-state index contributed by atoms with van der Waals surface area (Å²) in [6, 6.07) is 0.843. The first-order valence-corrected chi connectivity index (χ1v) is 6.28. The van der Waals surface area contributed by atoms with Crippen LogP contribution >= 0.6 is 0 Å². The molecule has 1 fully saturated rings. The summed E-state index contributed by atoms with van der Waals surface area (Å²) in [5.41, 5.74) is 5.55. The van der Waals surface area contributed by atoms with E-state index < -0.39 is 0 Å². The number of nitrogens with two attached hydrogens (primary N) is 1. The summed E-state index contributed by atoms with van der Waals surface area (Å²) in [6.07, 6.45) is 2.43. The number of carbonyl (C=O) groups is 1. The Morgan fingerprint density at radius 2 is 2.06 bits per heavy atom. The van der Waals surface area contributed by atoms with Crippen LogP contribution < -0.4 is 11.1 Å². The maximum Gasteiger partial charge on any atom is 0.234 e. The molecule has 1 unspecified atom stereocenters. The summed E-state index contributed by atoms with van der Waals surface area (Å²) in [4.78, 5) is 14.0. The van der Waals surface area contributed by atoms with Gasteiger partial charge in [0.15, 0.2) is 0 Å². The number of hydrogen-bond acceptors (Lipinski definition) is 3. The average Bonchev–Trinajstić information content (AvgIpc) is 2.99. The maximum atomic E-state index is 11.8. The third-order valence-electron chi connectivity index (χ3n) is 3.21. The number of nitrogens with zero attached hydrogens (tertiary/aromatic N) is 1. The molecule has 1 amide bonds. The van der Waals surface area contributed by atoms with Gasteiger partial charge >= 0.3 is 0 Å². The van der Waals surface area contributed by atoms with E-state index in [1.807, 2.05) is 6.92 Å². The molecule has 4 nitrogen and oxygen atoms in total. The highest BCUT2D eigenvalue weighted by Gasteiger charge is 2.29. The number of nitrogens with one attached hydrogen (secondary N) is 1. The van der Waals surface area contributed by atoms with Crippen molar-refractivity contribution >= 4 is 5.91 Å². The molecule has 1 atom stereocenters. The number of rotatable bonds is 7. The van der Waals surface area contributed by atoms with Crippen LogP contribution in [0.15, 0.2) is 0 Å². The van der Waals surface area contributed by atoms with E-state index >= 15 is 0 Å². The molecule has 0 bridgehead atoms. The first-order chi connectivity index (χ1) is 7.54. The second-order valence-corrected chi connectivity index (χ2v) is 5.09. The molecule has 0 saturated heterocycles. The SMILES string of the molecule is CC(C)C(C)NC(=O)CN(CCN)C1CC1. The average molecular weight is 227 g/mol. The van der Waals surface area contributed by atoms with Gasteiger partial charge in [0.05, 0.1) is 6.54 Å².